The summed E-state index contributed by atoms with van der Waals surface area (Å²) in [5, 5.41) is 5.63. The SMILES string of the molecule is Cc1ccc(-c2cc(-c3cc(C)cc[n+]3C)c(C)cc2[Si](C)(C)C)cc1.Cc1ccc(-c2cc(-c3cc(C)cc[n+]3C)c(C)cc2[Si](C)(C)C)cc1.[2H]C([2H])([2H])c1c[n+](C)c(-c2cc(-c3ccc(C)cc3)c(C([2H])([2H])[2H])cc2C)cc1C.[2H]C([2H])([2H])c1cc(C)c(-c2cc(C([2H])([2H])C(C)(C)C)c([Si](C)(C)C)c[n+]2C)cc1-c1ccc(C)cc1.[2H]C([2H])([2H])c1ccc(-c2cc(-c3ccc(C)cc3)c([Si](C)(C)C)cc2C)[n+](C)c1. The van der Waals surface area contributed by atoms with E-state index in [1.165, 1.54) is 116 Å². The second-order valence-corrected chi connectivity index (χ2v) is 62.7. The molecule has 0 N–H and O–H groups in total. The molecule has 0 saturated heterocycles. The molecule has 0 aliphatic heterocycles. The molecule has 0 saturated carbocycles. The predicted octanol–water partition coefficient (Wildman–Crippen LogP) is 28.2. The fraction of sp³-hybridized carbons (Fsp3) is 0.315. The number of hydrogen-bond acceptors (Lipinski definition) is 0. The third-order valence-electron chi connectivity index (χ3n) is 25.3. The van der Waals surface area contributed by atoms with E-state index in [-0.39, 0.29) is 0 Å². The fourth-order valence-electron chi connectivity index (χ4n) is 17.5. The molecule has 15 rings (SSSR count). The van der Waals surface area contributed by atoms with E-state index >= 15 is 0 Å². The first-order chi connectivity index (χ1) is 67.7. The van der Waals surface area contributed by atoms with Gasteiger partial charge in [0, 0.05) is 106 Å². The van der Waals surface area contributed by atoms with Crippen molar-refractivity contribution < 1.29 is 42.0 Å². The molecule has 133 heavy (non-hydrogen) atoms. The fourth-order valence-corrected chi connectivity index (χ4v) is 24.0. The van der Waals surface area contributed by atoms with Crippen molar-refractivity contribution in [3.8, 4) is 112 Å². The molecule has 5 aromatic heterocycles. The maximum absolute atomic E-state index is 9.14. The summed E-state index contributed by atoms with van der Waals surface area (Å²) in [6.45, 7) is 52.5. The van der Waals surface area contributed by atoms with Crippen LogP contribution in [0, 0.1) is 123 Å². The molecule has 688 valence electrons. The molecule has 0 amide bonds. The van der Waals surface area contributed by atoms with Gasteiger partial charge < -0.3 is 0 Å². The lowest BCUT2D eigenvalue weighted by atomic mass is 9.87. The minimum absolute atomic E-state index is 0.310. The van der Waals surface area contributed by atoms with Gasteiger partial charge in [-0.2, -0.15) is 0 Å². The Morgan fingerprint density at radius 3 is 0.812 bits per heavy atom. The van der Waals surface area contributed by atoms with Crippen molar-refractivity contribution in [3.05, 3.63) is 362 Å². The quantitative estimate of drug-likeness (QED) is 0.0720. The Balaban J connectivity index is 0.000000175. The molecule has 0 radical (unpaired) electrons. The molecule has 0 bridgehead atoms. The van der Waals surface area contributed by atoms with Gasteiger partial charge in [-0.1, -0.05) is 294 Å². The van der Waals surface area contributed by atoms with Gasteiger partial charge in [-0.05, 0) is 282 Å². The minimum Gasteiger partial charge on any atom is -0.201 e. The highest BCUT2D eigenvalue weighted by Gasteiger charge is 2.32. The van der Waals surface area contributed by atoms with Gasteiger partial charge in [0.2, 0.25) is 28.5 Å². The number of nitrogens with zero attached hydrogens (tertiary/aromatic N) is 5. The summed E-state index contributed by atoms with van der Waals surface area (Å²) in [6.07, 6.45) is 8.23. The monoisotopic (exact) mass is 1840 g/mol. The Morgan fingerprint density at radius 2 is 0.504 bits per heavy atom. The van der Waals surface area contributed by atoms with Crippen molar-refractivity contribution >= 4 is 53.0 Å². The molecular formula is C124H156N5Si4+5. The number of benzene rings is 10. The van der Waals surface area contributed by atoms with E-state index in [1.54, 1.807) is 42.1 Å². The molecule has 0 unspecified atom stereocenters. The summed E-state index contributed by atoms with van der Waals surface area (Å²) in [6, 6.07) is 80.6. The number of rotatable bonds is 15. The van der Waals surface area contributed by atoms with Crippen LogP contribution >= 0.6 is 0 Å². The summed E-state index contributed by atoms with van der Waals surface area (Å²) in [4.78, 5) is 0. The second kappa shape index (κ2) is 41.8. The van der Waals surface area contributed by atoms with E-state index in [0.717, 1.165) is 77.9 Å². The van der Waals surface area contributed by atoms with Crippen molar-refractivity contribution in [1.29, 1.82) is 0 Å². The highest BCUT2D eigenvalue weighted by molar-refractivity contribution is 6.91. The second-order valence-electron chi connectivity index (χ2n) is 42.5. The Morgan fingerprint density at radius 1 is 0.226 bits per heavy atom. The summed E-state index contributed by atoms with van der Waals surface area (Å²) in [5.74, 6) is 0. The first-order valence-corrected chi connectivity index (χ1v) is 60.9. The smallest absolute Gasteiger partial charge is 0.201 e. The zero-order valence-corrected chi connectivity index (χ0v) is 90.1. The van der Waals surface area contributed by atoms with Crippen LogP contribution < -0.4 is 43.6 Å². The van der Waals surface area contributed by atoms with E-state index in [0.29, 0.717) is 38.9 Å². The van der Waals surface area contributed by atoms with Crippen molar-refractivity contribution in [2.45, 2.75) is 223 Å². The van der Waals surface area contributed by atoms with Crippen LogP contribution in [0.3, 0.4) is 0 Å². The summed E-state index contributed by atoms with van der Waals surface area (Å²) in [7, 11) is 3.64. The summed E-state index contributed by atoms with van der Waals surface area (Å²) in [5.41, 5.74) is 38.3. The largest absolute Gasteiger partial charge is 0.212 e. The number of hydrogen-bond donors (Lipinski definition) is 0. The molecule has 9 heteroatoms. The van der Waals surface area contributed by atoms with Gasteiger partial charge in [-0.3, -0.25) is 0 Å². The van der Waals surface area contributed by atoms with Gasteiger partial charge in [0.25, 0.3) is 0 Å². The summed E-state index contributed by atoms with van der Waals surface area (Å²) < 4.78 is 123. The average molecular weight is 1840 g/mol. The van der Waals surface area contributed by atoms with Crippen LogP contribution in [0.5, 0.6) is 0 Å². The molecule has 0 aliphatic rings. The topological polar surface area (TPSA) is 19.4 Å². The number of pyridine rings is 5. The maximum Gasteiger partial charge on any atom is 0.212 e. The van der Waals surface area contributed by atoms with Crippen molar-refractivity contribution in [3.63, 3.8) is 0 Å². The van der Waals surface area contributed by atoms with Crippen LogP contribution in [0.2, 0.25) is 78.6 Å². The van der Waals surface area contributed by atoms with Gasteiger partial charge in [-0.25, -0.2) is 22.8 Å². The predicted molar refractivity (Wildman–Crippen MR) is 588 cm³/mol. The normalized spacial score (nSPS) is 13.7. The standard InChI is InChI=1S/C29H40NSi.3C24H30NSi.C23H26N/c1-20-11-13-23(14-12-20)25-17-26(22(3)15-21(25)2)27-16-24(18-29(4,5)6)28(19-30(27)7)31(8,9)10;1-17-8-11-20(12-9-17)22-15-21(19(3)14-24(22)26(5,6)7)23-13-10-18(2)16-25(23)4;2*1-17-8-10-20(11-9-17)22-16-21(19(3)15-24(22)26(5,6)7)23-14-18(2)12-13-25(23)4;1-15-7-9-20(10-8-15)21-13-22(18(4)11-17(21)3)23-12-16(2)19(5)14-24(23)6/h11-17,19H,18H2,1-10H3;3*8-16H,1-7H3;7-14H,1-6H3/q5*+1/i2D3,18D2;2D3;;;3D3,5D3. The van der Waals surface area contributed by atoms with Crippen LogP contribution in [-0.2, 0) is 41.6 Å². The molecular weight excluding hydrogens is 1670 g/mol. The zero-order chi connectivity index (χ0) is 110. The molecule has 15 aromatic rings. The number of aryl methyl sites for hydroxylation is 22. The Labute approximate surface area is 827 Å². The third kappa shape index (κ3) is 25.5. The molecule has 5 heterocycles. The molecule has 0 fully saturated rings. The zero-order valence-electron chi connectivity index (χ0n) is 100. The van der Waals surface area contributed by atoms with E-state index in [2.05, 4.69) is 314 Å². The molecule has 0 atom stereocenters. The first kappa shape index (κ1) is 83.6. The Hall–Kier alpha value is -11.2. The lowest BCUT2D eigenvalue weighted by molar-refractivity contribution is -0.660. The van der Waals surface area contributed by atoms with E-state index in [1.807, 2.05) is 153 Å². The molecule has 0 aliphatic carbocycles. The first-order valence-electron chi connectivity index (χ1n) is 53.9. The van der Waals surface area contributed by atoms with Gasteiger partial charge in [-0.15, -0.1) is 0 Å². The van der Waals surface area contributed by atoms with Crippen molar-refractivity contribution in [2.24, 2.45) is 40.7 Å². The third-order valence-corrected chi connectivity index (χ3v) is 33.4. The molecule has 0 spiro atoms. The summed E-state index contributed by atoms with van der Waals surface area (Å²) >= 11 is 0. The lowest BCUT2D eigenvalue weighted by Gasteiger charge is -2.25. The van der Waals surface area contributed by atoms with Gasteiger partial charge in [0.15, 0.2) is 31.0 Å². The van der Waals surface area contributed by atoms with Gasteiger partial charge >= 0.3 is 0 Å². The maximum atomic E-state index is 9.14. The highest BCUT2D eigenvalue weighted by Crippen LogP contribution is 2.38. The van der Waals surface area contributed by atoms with Gasteiger partial charge in [0.1, 0.15) is 35.2 Å². The van der Waals surface area contributed by atoms with E-state index in [9.17, 15) is 0 Å². The molecule has 10 aromatic carbocycles. The van der Waals surface area contributed by atoms with Gasteiger partial charge in [0.05, 0.1) is 32.3 Å². The van der Waals surface area contributed by atoms with Crippen molar-refractivity contribution in [2.75, 3.05) is 0 Å². The van der Waals surface area contributed by atoms with Crippen LogP contribution in [0.1, 0.15) is 140 Å². The van der Waals surface area contributed by atoms with Crippen LogP contribution in [-0.4, -0.2) is 32.3 Å². The minimum atomic E-state index is -2.25. The lowest BCUT2D eigenvalue weighted by Crippen LogP contribution is -2.47. The van der Waals surface area contributed by atoms with Crippen LogP contribution in [0.4, 0.5) is 0 Å². The average Bonchev–Trinajstić information content (AvgIpc) is 0.738. The Kier molecular flexibility index (Phi) is 26.3. The van der Waals surface area contributed by atoms with Crippen LogP contribution in [0.15, 0.2) is 262 Å². The highest BCUT2D eigenvalue weighted by atomic mass is 28.3. The Bertz CT molecular complexity index is 7190. The van der Waals surface area contributed by atoms with Crippen molar-refractivity contribution in [1.82, 2.24) is 0 Å². The van der Waals surface area contributed by atoms with E-state index < -0.39 is 71.5 Å². The number of aromatic nitrogens is 5. The van der Waals surface area contributed by atoms with Crippen LogP contribution in [0.25, 0.3) is 112 Å². The van der Waals surface area contributed by atoms with E-state index in [4.69, 9.17) is 19.2 Å². The molecule has 5 nitrogen and oxygen atoms in total.